The molecule has 2 aromatic rings. The molecule has 1 aromatic heterocycles. The number of piperidine rings is 1. The largest absolute Gasteiger partial charge is 0.481 e. The van der Waals surface area contributed by atoms with Crippen molar-refractivity contribution in [3.8, 4) is 0 Å². The fourth-order valence-electron chi connectivity index (χ4n) is 5.15. The summed E-state index contributed by atoms with van der Waals surface area (Å²) in [4.78, 5) is 23.7. The van der Waals surface area contributed by atoms with Gasteiger partial charge in [0.05, 0.1) is 5.69 Å². The van der Waals surface area contributed by atoms with E-state index in [1.165, 1.54) is 29.7 Å². The first-order valence-electron chi connectivity index (χ1n) is 9.98. The van der Waals surface area contributed by atoms with Crippen molar-refractivity contribution in [3.05, 3.63) is 36.2 Å². The van der Waals surface area contributed by atoms with Crippen LogP contribution in [-0.4, -0.2) is 39.0 Å². The topological polar surface area (TPSA) is 78.4 Å². The number of carboxylic acid groups (broad SMARTS) is 1. The zero-order chi connectivity index (χ0) is 19.1. The lowest BCUT2D eigenvalue weighted by atomic mass is 9.67. The Hall–Kier alpha value is -2.12. The van der Waals surface area contributed by atoms with Crippen molar-refractivity contribution in [2.24, 2.45) is 17.8 Å². The third-order valence-electron chi connectivity index (χ3n) is 6.33. The molecule has 2 fully saturated rings. The van der Waals surface area contributed by atoms with Crippen LogP contribution < -0.4 is 5.32 Å². The van der Waals surface area contributed by atoms with Crippen molar-refractivity contribution < 1.29 is 9.90 Å². The molecule has 0 spiro atoms. The molecular weight excluding hydrogens is 372 g/mol. The average Bonchev–Trinajstić information content (AvgIpc) is 2.66. The quantitative estimate of drug-likeness (QED) is 0.690. The van der Waals surface area contributed by atoms with Gasteiger partial charge < -0.3 is 10.4 Å². The fraction of sp³-hybridized carbons (Fsp3) is 0.476. The summed E-state index contributed by atoms with van der Waals surface area (Å²) >= 11 is 1.65. The van der Waals surface area contributed by atoms with Crippen molar-refractivity contribution >= 4 is 29.2 Å². The Morgan fingerprint density at radius 2 is 2.00 bits per heavy atom. The zero-order valence-corrected chi connectivity index (χ0v) is 16.5. The second-order valence-electron chi connectivity index (χ2n) is 8.17. The van der Waals surface area contributed by atoms with Crippen LogP contribution in [0.4, 0.5) is 11.5 Å². The van der Waals surface area contributed by atoms with Gasteiger partial charge in [-0.1, -0.05) is 24.2 Å². The minimum Gasteiger partial charge on any atom is -0.481 e. The number of fused-ring (bicyclic) bond motifs is 4. The number of aliphatic carboxylic acids is 1. The number of benzene rings is 1. The molecule has 1 saturated carbocycles. The van der Waals surface area contributed by atoms with Gasteiger partial charge in [-0.05, 0) is 48.3 Å². The number of hydrogen-bond acceptors (Lipinski definition) is 6. The number of nitrogens with zero attached hydrogens (tertiary/aromatic N) is 3. The first-order valence-corrected chi connectivity index (χ1v) is 10.8. The highest BCUT2D eigenvalue weighted by Crippen LogP contribution is 2.44. The van der Waals surface area contributed by atoms with E-state index in [1.807, 2.05) is 0 Å². The molecule has 3 aliphatic rings. The van der Waals surface area contributed by atoms with Gasteiger partial charge in [0.2, 0.25) is 0 Å². The SMILES string of the molecule is O=C(O)CC1C2CCCC1CN(Cc1ccc3c(c1)Nc1nccnc1S3)C2. The molecule has 1 saturated heterocycles. The summed E-state index contributed by atoms with van der Waals surface area (Å²) in [6.45, 7) is 2.95. The lowest BCUT2D eigenvalue weighted by Gasteiger charge is -2.47. The Labute approximate surface area is 168 Å². The predicted octanol–water partition coefficient (Wildman–Crippen LogP) is 4.01. The second kappa shape index (κ2) is 7.37. The lowest BCUT2D eigenvalue weighted by Crippen LogP contribution is -2.48. The van der Waals surface area contributed by atoms with E-state index in [9.17, 15) is 9.90 Å². The van der Waals surface area contributed by atoms with Crippen LogP contribution in [0.2, 0.25) is 0 Å². The molecule has 146 valence electrons. The maximum atomic E-state index is 11.3. The van der Waals surface area contributed by atoms with Gasteiger partial charge in [-0.2, -0.15) is 0 Å². The minimum atomic E-state index is -0.642. The third-order valence-corrected chi connectivity index (χ3v) is 7.40. The van der Waals surface area contributed by atoms with Crippen LogP contribution in [0, 0.1) is 17.8 Å². The van der Waals surface area contributed by atoms with E-state index in [1.54, 1.807) is 24.2 Å². The molecule has 2 atom stereocenters. The molecule has 1 aromatic carbocycles. The first-order chi connectivity index (χ1) is 13.7. The Morgan fingerprint density at radius 3 is 2.79 bits per heavy atom. The van der Waals surface area contributed by atoms with E-state index in [4.69, 9.17) is 0 Å². The van der Waals surface area contributed by atoms with Crippen molar-refractivity contribution in [1.82, 2.24) is 14.9 Å². The highest BCUT2D eigenvalue weighted by Gasteiger charge is 2.40. The van der Waals surface area contributed by atoms with E-state index in [0.29, 0.717) is 24.2 Å². The number of aromatic nitrogens is 2. The van der Waals surface area contributed by atoms with Gasteiger partial charge in [0.25, 0.3) is 0 Å². The zero-order valence-electron chi connectivity index (χ0n) is 15.7. The molecule has 2 aliphatic heterocycles. The van der Waals surface area contributed by atoms with E-state index in [0.717, 1.165) is 36.2 Å². The fourth-order valence-corrected chi connectivity index (χ4v) is 6.03. The Bertz CT molecular complexity index is 892. The number of nitrogens with one attached hydrogen (secondary N) is 1. The smallest absolute Gasteiger partial charge is 0.303 e. The van der Waals surface area contributed by atoms with Crippen LogP contribution in [0.15, 0.2) is 40.5 Å². The summed E-state index contributed by atoms with van der Waals surface area (Å²) in [5.41, 5.74) is 2.38. The molecule has 28 heavy (non-hydrogen) atoms. The van der Waals surface area contributed by atoms with Gasteiger partial charge in [-0.15, -0.1) is 0 Å². The number of rotatable bonds is 4. The highest BCUT2D eigenvalue weighted by molar-refractivity contribution is 7.99. The first kappa shape index (κ1) is 17.9. The van der Waals surface area contributed by atoms with Crippen LogP contribution >= 0.6 is 11.8 Å². The lowest BCUT2D eigenvalue weighted by molar-refractivity contribution is -0.140. The molecule has 3 heterocycles. The summed E-state index contributed by atoms with van der Waals surface area (Å²) in [5.74, 6) is 1.59. The molecule has 0 radical (unpaired) electrons. The van der Waals surface area contributed by atoms with Crippen LogP contribution in [-0.2, 0) is 11.3 Å². The van der Waals surface area contributed by atoms with Crippen molar-refractivity contribution in [3.63, 3.8) is 0 Å². The molecular formula is C21H24N4O2S. The second-order valence-corrected chi connectivity index (χ2v) is 9.21. The molecule has 0 amide bonds. The molecule has 1 aliphatic carbocycles. The van der Waals surface area contributed by atoms with Gasteiger partial charge in [0.1, 0.15) is 5.03 Å². The summed E-state index contributed by atoms with van der Waals surface area (Å²) < 4.78 is 0. The van der Waals surface area contributed by atoms with E-state index < -0.39 is 5.97 Å². The number of hydrogen-bond donors (Lipinski definition) is 2. The van der Waals surface area contributed by atoms with Gasteiger partial charge in [-0.25, -0.2) is 9.97 Å². The average molecular weight is 397 g/mol. The molecule has 7 heteroatoms. The molecule has 6 nitrogen and oxygen atoms in total. The number of anilines is 2. The van der Waals surface area contributed by atoms with Crippen LogP contribution in [0.25, 0.3) is 0 Å². The summed E-state index contributed by atoms with van der Waals surface area (Å²) in [6.07, 6.45) is 7.36. The molecule has 2 unspecified atom stereocenters. The Morgan fingerprint density at radius 1 is 1.21 bits per heavy atom. The van der Waals surface area contributed by atoms with Crippen LogP contribution in [0.5, 0.6) is 0 Å². The number of carboxylic acids is 1. The van der Waals surface area contributed by atoms with Crippen molar-refractivity contribution in [1.29, 1.82) is 0 Å². The van der Waals surface area contributed by atoms with Crippen LogP contribution in [0.3, 0.4) is 0 Å². The number of carbonyl (C=O) groups is 1. The summed E-state index contributed by atoms with van der Waals surface area (Å²) in [5, 5.41) is 13.6. The third kappa shape index (κ3) is 3.49. The molecule has 2 N–H and O–H groups in total. The Balaban J connectivity index is 1.30. The Kier molecular flexibility index (Phi) is 4.72. The van der Waals surface area contributed by atoms with Crippen LogP contribution in [0.1, 0.15) is 31.2 Å². The highest BCUT2D eigenvalue weighted by atomic mass is 32.2. The van der Waals surface area contributed by atoms with E-state index >= 15 is 0 Å². The van der Waals surface area contributed by atoms with Gasteiger partial charge >= 0.3 is 5.97 Å². The minimum absolute atomic E-state index is 0.337. The maximum Gasteiger partial charge on any atom is 0.303 e. The molecule has 2 bridgehead atoms. The number of likely N-dealkylation sites (tertiary alicyclic amines) is 1. The predicted molar refractivity (Wildman–Crippen MR) is 108 cm³/mol. The summed E-state index contributed by atoms with van der Waals surface area (Å²) in [6, 6.07) is 6.59. The van der Waals surface area contributed by atoms with Gasteiger partial charge in [-0.3, -0.25) is 9.69 Å². The summed E-state index contributed by atoms with van der Waals surface area (Å²) in [7, 11) is 0. The van der Waals surface area contributed by atoms with Gasteiger partial charge in [0.15, 0.2) is 5.82 Å². The van der Waals surface area contributed by atoms with E-state index in [-0.39, 0.29) is 0 Å². The maximum absolute atomic E-state index is 11.3. The van der Waals surface area contributed by atoms with Crippen molar-refractivity contribution in [2.45, 2.75) is 42.1 Å². The van der Waals surface area contributed by atoms with E-state index in [2.05, 4.69) is 38.4 Å². The van der Waals surface area contributed by atoms with Crippen molar-refractivity contribution in [2.75, 3.05) is 18.4 Å². The molecule has 5 rings (SSSR count). The monoisotopic (exact) mass is 396 g/mol. The van der Waals surface area contributed by atoms with Gasteiger partial charge in [0, 0.05) is 43.3 Å². The normalized spacial score (nSPS) is 26.1. The standard InChI is InChI=1S/C21H24N4O2S/c26-19(27)9-16-14-2-1-3-15(16)12-25(11-14)10-13-4-5-18-17(8-13)24-20-21(28-18)23-7-6-22-20/h4-8,14-16H,1-3,9-12H2,(H,22,24)(H,26,27).